The molecule has 0 saturated carbocycles. The Bertz CT molecular complexity index is 175. The van der Waals surface area contributed by atoms with Gasteiger partial charge in [0.25, 0.3) is 0 Å². The van der Waals surface area contributed by atoms with Crippen LogP contribution in [0.4, 0.5) is 0 Å². The molecule has 0 spiro atoms. The Morgan fingerprint density at radius 1 is 1.36 bits per heavy atom. The molecule has 2 N–H and O–H groups in total. The molecule has 0 amide bonds. The molecule has 0 bridgehead atoms. The zero-order chi connectivity index (χ0) is 10.3. The third kappa shape index (κ3) is 11.5. The number of rotatable bonds is 7. The smallest absolute Gasteiger partial charge is 0.242 e. The van der Waals surface area contributed by atoms with E-state index in [1.165, 1.54) is 19.3 Å². The molecule has 0 aromatic rings. The predicted octanol–water partition coefficient (Wildman–Crippen LogP) is 3.14. The molecular formula is C8H19NiO2PS2. The van der Waals surface area contributed by atoms with Crippen molar-refractivity contribution >= 4 is 28.9 Å². The molecule has 6 heteroatoms. The normalized spacial score (nSPS) is 13.4. The van der Waals surface area contributed by atoms with E-state index in [0.717, 1.165) is 23.6 Å². The van der Waals surface area contributed by atoms with Crippen LogP contribution in [0.5, 0.6) is 0 Å². The summed E-state index contributed by atoms with van der Waals surface area (Å²) < 4.78 is 0. The molecule has 0 aliphatic carbocycles. The van der Waals surface area contributed by atoms with E-state index in [0.29, 0.717) is 5.92 Å². The molecule has 0 aromatic carbocycles. The quantitative estimate of drug-likeness (QED) is 0.560. The van der Waals surface area contributed by atoms with Gasteiger partial charge in [-0.05, 0) is 24.1 Å². The fraction of sp³-hybridized carbons (Fsp3) is 1.00. The maximum atomic E-state index is 9.03. The molecule has 0 heterocycles. The van der Waals surface area contributed by atoms with Crippen LogP contribution in [0, 0.1) is 5.92 Å². The Kier molecular flexibility index (Phi) is 12.2. The fourth-order valence-electron chi connectivity index (χ4n) is 1.10. The molecule has 0 aliphatic rings. The average Bonchev–Trinajstić information content (AvgIpc) is 2.03. The number of hydrogen-bond acceptors (Lipinski definition) is 2. The molecule has 2 nitrogen and oxygen atoms in total. The average molecular weight is 301 g/mol. The molecule has 90 valence electrons. The first-order valence-corrected chi connectivity index (χ1v) is 8.99. The zero-order valence-corrected chi connectivity index (χ0v) is 12.1. The van der Waals surface area contributed by atoms with Crippen molar-refractivity contribution in [3.05, 3.63) is 0 Å². The molecule has 14 heavy (non-hydrogen) atoms. The van der Waals surface area contributed by atoms with Crippen molar-refractivity contribution in [2.45, 2.75) is 39.5 Å². The van der Waals surface area contributed by atoms with Crippen molar-refractivity contribution < 1.29 is 26.3 Å². The SMILES string of the molecule is CCCCC(CC)CSP(O)(O)=S.[Ni]. The summed E-state index contributed by atoms with van der Waals surface area (Å²) >= 11 is 5.70. The van der Waals surface area contributed by atoms with Gasteiger partial charge in [-0.1, -0.05) is 44.5 Å². The van der Waals surface area contributed by atoms with Crippen LogP contribution >= 0.6 is 17.1 Å². The van der Waals surface area contributed by atoms with Gasteiger partial charge in [-0.3, -0.25) is 0 Å². The molecule has 0 rings (SSSR count). The van der Waals surface area contributed by atoms with Crippen molar-refractivity contribution in [2.24, 2.45) is 5.92 Å². The Labute approximate surface area is 106 Å². The van der Waals surface area contributed by atoms with Crippen LogP contribution in [0.3, 0.4) is 0 Å². The molecule has 0 radical (unpaired) electrons. The van der Waals surface area contributed by atoms with Crippen LogP contribution in [-0.4, -0.2) is 15.5 Å². The summed E-state index contributed by atoms with van der Waals surface area (Å²) in [6, 6.07) is 0. The summed E-state index contributed by atoms with van der Waals surface area (Å²) in [6.45, 7) is 4.31. The van der Waals surface area contributed by atoms with Crippen molar-refractivity contribution in [3.8, 4) is 0 Å². The summed E-state index contributed by atoms with van der Waals surface area (Å²) in [5, 5.41) is 0. The molecule has 1 atom stereocenters. The molecule has 0 aromatic heterocycles. The predicted molar refractivity (Wildman–Crippen MR) is 64.5 cm³/mol. The van der Waals surface area contributed by atoms with E-state index in [1.54, 1.807) is 0 Å². The van der Waals surface area contributed by atoms with Crippen LogP contribution in [0.25, 0.3) is 0 Å². The van der Waals surface area contributed by atoms with Crippen LogP contribution in [-0.2, 0) is 28.3 Å². The summed E-state index contributed by atoms with van der Waals surface area (Å²) in [5.74, 6) is 1.38. The van der Waals surface area contributed by atoms with Gasteiger partial charge in [0.2, 0.25) is 5.69 Å². The van der Waals surface area contributed by atoms with Crippen LogP contribution in [0.1, 0.15) is 39.5 Å². The molecule has 0 aliphatic heterocycles. The minimum atomic E-state index is -3.01. The topological polar surface area (TPSA) is 40.5 Å². The second-order valence-corrected chi connectivity index (χ2v) is 9.30. The van der Waals surface area contributed by atoms with Crippen molar-refractivity contribution in [2.75, 3.05) is 5.75 Å². The summed E-state index contributed by atoms with van der Waals surface area (Å²) in [6.07, 6.45) is 4.70. The monoisotopic (exact) mass is 300 g/mol. The maximum Gasteiger partial charge on any atom is 0.242 e. The Morgan fingerprint density at radius 3 is 2.29 bits per heavy atom. The van der Waals surface area contributed by atoms with Crippen LogP contribution < -0.4 is 0 Å². The Hall–Kier alpha value is 1.41. The first-order chi connectivity index (χ1) is 5.99. The minimum Gasteiger partial charge on any atom is -0.338 e. The van der Waals surface area contributed by atoms with E-state index in [2.05, 4.69) is 25.7 Å². The molecule has 0 fully saturated rings. The summed E-state index contributed by atoms with van der Waals surface area (Å²) in [4.78, 5) is 18.1. The maximum absolute atomic E-state index is 9.03. The van der Waals surface area contributed by atoms with E-state index >= 15 is 0 Å². The summed E-state index contributed by atoms with van der Waals surface area (Å²) in [5.41, 5.74) is -3.01. The van der Waals surface area contributed by atoms with Gasteiger partial charge in [-0.2, -0.15) is 0 Å². The van der Waals surface area contributed by atoms with Crippen LogP contribution in [0.15, 0.2) is 0 Å². The molecular weight excluding hydrogens is 282 g/mol. The number of unbranched alkanes of at least 4 members (excludes halogenated alkanes) is 1. The zero-order valence-electron chi connectivity index (χ0n) is 8.59. The summed E-state index contributed by atoms with van der Waals surface area (Å²) in [7, 11) is 0. The van der Waals surface area contributed by atoms with E-state index in [-0.39, 0.29) is 16.5 Å². The Balaban J connectivity index is 0. The first-order valence-electron chi connectivity index (χ1n) is 4.69. The van der Waals surface area contributed by atoms with Gasteiger partial charge in [-0.15, -0.1) is 0 Å². The van der Waals surface area contributed by atoms with Gasteiger partial charge in [0.1, 0.15) is 0 Å². The van der Waals surface area contributed by atoms with Crippen LogP contribution in [0.2, 0.25) is 0 Å². The van der Waals surface area contributed by atoms with E-state index in [1.807, 2.05) is 0 Å². The van der Waals surface area contributed by atoms with Crippen molar-refractivity contribution in [3.63, 3.8) is 0 Å². The van der Waals surface area contributed by atoms with Gasteiger partial charge in [-0.25, -0.2) is 0 Å². The van der Waals surface area contributed by atoms with E-state index in [9.17, 15) is 0 Å². The largest absolute Gasteiger partial charge is 0.338 e. The van der Waals surface area contributed by atoms with Gasteiger partial charge >= 0.3 is 0 Å². The fourth-order valence-corrected chi connectivity index (χ4v) is 3.67. The first kappa shape index (κ1) is 17.8. The standard InChI is InChI=1S/C8H19O2PS2.Ni/c1-3-5-6-8(4-2)7-13-11(9,10)12;/h8H,3-7H2,1-2H3,(H2,9,10,12);. The second kappa shape index (κ2) is 9.63. The molecule has 1 unspecified atom stereocenters. The third-order valence-electron chi connectivity index (χ3n) is 2.02. The molecule has 0 saturated heterocycles. The number of hydrogen-bond donors (Lipinski definition) is 2. The van der Waals surface area contributed by atoms with Gasteiger partial charge in [0.15, 0.2) is 0 Å². The van der Waals surface area contributed by atoms with E-state index < -0.39 is 5.69 Å². The van der Waals surface area contributed by atoms with Gasteiger partial charge < -0.3 is 9.79 Å². The van der Waals surface area contributed by atoms with E-state index in [4.69, 9.17) is 9.79 Å². The van der Waals surface area contributed by atoms with Gasteiger partial charge in [0, 0.05) is 22.2 Å². The second-order valence-electron chi connectivity index (χ2n) is 3.20. The van der Waals surface area contributed by atoms with Crippen molar-refractivity contribution in [1.29, 1.82) is 0 Å². The minimum absolute atomic E-state index is 0. The Morgan fingerprint density at radius 2 is 1.93 bits per heavy atom. The third-order valence-corrected chi connectivity index (χ3v) is 5.38. The van der Waals surface area contributed by atoms with Crippen molar-refractivity contribution in [1.82, 2.24) is 0 Å². The van der Waals surface area contributed by atoms with Gasteiger partial charge in [0.05, 0.1) is 0 Å².